The molecule has 0 saturated carbocycles. The third-order valence-corrected chi connectivity index (χ3v) is 18.6. The van der Waals surface area contributed by atoms with Crippen LogP contribution in [0.3, 0.4) is 0 Å². The summed E-state index contributed by atoms with van der Waals surface area (Å²) in [6.07, 6.45) is 0. The lowest BCUT2D eigenvalue weighted by Crippen LogP contribution is -2.12. The van der Waals surface area contributed by atoms with Gasteiger partial charge in [-0.15, -0.1) is 0 Å². The molecule has 0 atom stereocenters. The van der Waals surface area contributed by atoms with E-state index in [2.05, 4.69) is 321 Å². The molecule has 108 heavy (non-hydrogen) atoms. The van der Waals surface area contributed by atoms with Gasteiger partial charge in [-0.2, -0.15) is 0 Å². The van der Waals surface area contributed by atoms with Crippen LogP contribution in [0.4, 0.5) is 73.9 Å². The van der Waals surface area contributed by atoms with Crippen molar-refractivity contribution in [3.63, 3.8) is 0 Å². The highest BCUT2D eigenvalue weighted by atomic mass is 16.5. The molecule has 8 N–H and O–H groups in total. The van der Waals surface area contributed by atoms with E-state index < -0.39 is 0 Å². The molecule has 0 fully saturated rings. The summed E-state index contributed by atoms with van der Waals surface area (Å²) in [6, 6.07) is 140. The molecule has 0 aromatic heterocycles. The fourth-order valence-corrected chi connectivity index (χ4v) is 12.7. The number of anilines is 13. The van der Waals surface area contributed by atoms with E-state index in [4.69, 9.17) is 27.7 Å². The predicted molar refractivity (Wildman–Crippen MR) is 460 cm³/mol. The highest BCUT2D eigenvalue weighted by Crippen LogP contribution is 2.42. The zero-order valence-electron chi connectivity index (χ0n) is 61.2. The molecule has 0 bridgehead atoms. The lowest BCUT2D eigenvalue weighted by atomic mass is 9.97. The van der Waals surface area contributed by atoms with Gasteiger partial charge in [-0.05, 0) is 248 Å². The van der Waals surface area contributed by atoms with Gasteiger partial charge in [0.15, 0.2) is 5.75 Å². The summed E-state index contributed by atoms with van der Waals surface area (Å²) >= 11 is 0. The van der Waals surface area contributed by atoms with Crippen LogP contribution in [-0.2, 0) is 0 Å². The monoisotopic (exact) mass is 1400 g/mol. The number of hydrogen-bond donors (Lipinski definition) is 4. The van der Waals surface area contributed by atoms with Gasteiger partial charge >= 0.3 is 0 Å². The normalized spacial score (nSPS) is 10.6. The Hall–Kier alpha value is -14.1. The molecule has 0 unspecified atom stereocenters. The van der Waals surface area contributed by atoms with E-state index in [1.54, 1.807) is 0 Å². The number of para-hydroxylation sites is 2. The largest absolute Gasteiger partial charge is 0.455 e. The minimum absolute atomic E-state index is 0.634. The van der Waals surface area contributed by atoms with Crippen LogP contribution in [0.25, 0.3) is 55.6 Å². The summed E-state index contributed by atoms with van der Waals surface area (Å²) in [5.41, 5.74) is 53.5. The number of rotatable bonds is 16. The zero-order valence-corrected chi connectivity index (χ0v) is 61.2. The molecule has 8 heteroatoms. The average Bonchev–Trinajstić information content (AvgIpc) is 0.916. The third kappa shape index (κ3) is 18.6. The smallest absolute Gasteiger partial charge is 0.150 e. The topological polar surface area (TPSA) is 123 Å². The number of hydrogen-bond acceptors (Lipinski definition) is 8. The number of benzene rings is 16. The third-order valence-electron chi connectivity index (χ3n) is 18.6. The van der Waals surface area contributed by atoms with E-state index in [0.29, 0.717) is 11.4 Å². The average molecular weight is 1400 g/mol. The Balaban J connectivity index is 0.000000139. The van der Waals surface area contributed by atoms with Crippen molar-refractivity contribution in [2.24, 2.45) is 0 Å². The van der Waals surface area contributed by atoms with Crippen molar-refractivity contribution >= 4 is 73.9 Å². The highest BCUT2D eigenvalue weighted by molar-refractivity contribution is 5.85. The Labute approximate surface area is 636 Å². The minimum Gasteiger partial charge on any atom is -0.455 e. The van der Waals surface area contributed by atoms with Gasteiger partial charge in [0.25, 0.3) is 0 Å². The molecule has 16 aromatic carbocycles. The number of aryl methyl sites for hydroxylation is 4. The second kappa shape index (κ2) is 34.9. The van der Waals surface area contributed by atoms with Crippen molar-refractivity contribution in [1.29, 1.82) is 0 Å². The molecule has 0 aliphatic carbocycles. The first-order chi connectivity index (χ1) is 52.8. The molecular weight excluding hydrogens is 1320 g/mol. The Morgan fingerprint density at radius 3 is 0.787 bits per heavy atom. The molecule has 0 aliphatic rings. The van der Waals surface area contributed by atoms with Crippen LogP contribution in [0.2, 0.25) is 0 Å². The lowest BCUT2D eigenvalue weighted by molar-refractivity contribution is 0.485. The molecule has 0 aliphatic heterocycles. The molecule has 16 aromatic rings. The first kappa shape index (κ1) is 72.3. The van der Waals surface area contributed by atoms with E-state index in [9.17, 15) is 0 Å². The van der Waals surface area contributed by atoms with Gasteiger partial charge < -0.3 is 42.4 Å². The minimum atomic E-state index is 0.634. The van der Waals surface area contributed by atoms with E-state index in [1.165, 1.54) is 55.6 Å². The summed E-state index contributed by atoms with van der Waals surface area (Å²) in [7, 11) is 0. The van der Waals surface area contributed by atoms with Crippen LogP contribution in [0, 0.1) is 27.7 Å². The van der Waals surface area contributed by atoms with Crippen molar-refractivity contribution < 1.29 is 4.74 Å². The van der Waals surface area contributed by atoms with Crippen LogP contribution in [0.5, 0.6) is 11.5 Å². The summed E-state index contributed by atoms with van der Waals surface area (Å²) in [4.78, 5) is 6.79. The lowest BCUT2D eigenvalue weighted by Gasteiger charge is -2.28. The molecule has 0 radical (unpaired) electrons. The van der Waals surface area contributed by atoms with Crippen LogP contribution < -0.4 is 42.4 Å². The zero-order chi connectivity index (χ0) is 74.6. The maximum atomic E-state index is 6.12. The van der Waals surface area contributed by atoms with Crippen molar-refractivity contribution in [2.45, 2.75) is 27.7 Å². The van der Waals surface area contributed by atoms with E-state index >= 15 is 0 Å². The van der Waals surface area contributed by atoms with E-state index in [0.717, 1.165) is 96.3 Å². The Bertz CT molecular complexity index is 5290. The van der Waals surface area contributed by atoms with Crippen LogP contribution in [0.15, 0.2) is 406 Å². The van der Waals surface area contributed by atoms with Crippen molar-refractivity contribution in [1.82, 2.24) is 0 Å². The van der Waals surface area contributed by atoms with E-state index in [1.807, 2.05) is 127 Å². The predicted octanol–water partition coefficient (Wildman–Crippen LogP) is 26.8. The number of ether oxygens (including phenoxy) is 1. The van der Waals surface area contributed by atoms with Crippen molar-refractivity contribution in [3.8, 4) is 67.1 Å². The van der Waals surface area contributed by atoms with Crippen LogP contribution >= 0.6 is 0 Å². The fraction of sp³-hybridized carbons (Fsp3) is 0.0400. The Morgan fingerprint density at radius 2 is 0.426 bits per heavy atom. The summed E-state index contributed by atoms with van der Waals surface area (Å²) < 4.78 is 5.87. The molecule has 0 spiro atoms. The van der Waals surface area contributed by atoms with Crippen molar-refractivity contribution in [3.05, 3.63) is 429 Å². The molecule has 0 saturated heterocycles. The highest BCUT2D eigenvalue weighted by Gasteiger charge is 2.18. The molecule has 0 amide bonds. The summed E-state index contributed by atoms with van der Waals surface area (Å²) in [6.45, 7) is 8.39. The molecule has 528 valence electrons. The molecule has 8 nitrogen and oxygen atoms in total. The number of nitrogens with zero attached hydrogens (tertiary/aromatic N) is 3. The first-order valence-corrected chi connectivity index (χ1v) is 36.2. The van der Waals surface area contributed by atoms with Crippen LogP contribution in [0.1, 0.15) is 22.3 Å². The summed E-state index contributed by atoms with van der Waals surface area (Å²) in [5, 5.41) is 0. The Morgan fingerprint density at radius 1 is 0.194 bits per heavy atom. The Kier molecular flexibility index (Phi) is 23.4. The first-order valence-electron chi connectivity index (χ1n) is 36.2. The van der Waals surface area contributed by atoms with Gasteiger partial charge in [-0.3, -0.25) is 0 Å². The quantitative estimate of drug-likeness (QED) is 0.0706. The standard InChI is InChI=1S/C43H35N3.C19H18N2.C19H17NO.C19H17N/c1-32-12-20-38(21-13-32)45(41-26-18-37(44)19-27-41)42-28-30-43(31-29-42)46(39-22-14-35(15-23-39)33-8-4-2-5-9-33)40-24-16-36(17-25-40)34-10-6-3-7-11-34;1-15-7-11-18(12-8-15)21(17-5-3-2-4-6-17)19-13-9-16(20)10-14-19;1-14-7-9-15(10-8-14)16-11-12-18(20)19(13-16)21-17-5-3-2-4-6-17;1-14-7-9-15(10-8-14)17-11-12-19(20)18(13-17)16-5-3-2-4-6-16/h2-31H,44H2,1H3;2-14H,20H2,1H3;2-13H,20H2,1H3;2-13H,20H2,1H3. The van der Waals surface area contributed by atoms with Gasteiger partial charge in [0.05, 0.1) is 5.69 Å². The molecule has 16 rings (SSSR count). The van der Waals surface area contributed by atoms with Gasteiger partial charge in [0.1, 0.15) is 5.75 Å². The SMILES string of the molecule is Cc1ccc(-c2ccc(N)c(-c3ccccc3)c2)cc1.Cc1ccc(-c2ccc(N)c(Oc3ccccc3)c2)cc1.Cc1ccc(N(c2ccc(N)cc2)c2ccc(N(c3ccc(-c4ccccc4)cc3)c3ccc(-c4ccccc4)cc3)cc2)cc1.Cc1ccc(N(c2ccccc2)c2ccc(N)cc2)cc1. The van der Waals surface area contributed by atoms with Crippen LogP contribution in [-0.4, -0.2) is 0 Å². The molecule has 0 heterocycles. The second-order valence-electron chi connectivity index (χ2n) is 26.6. The number of nitrogens with two attached hydrogens (primary N) is 4. The maximum Gasteiger partial charge on any atom is 0.150 e. The van der Waals surface area contributed by atoms with Crippen molar-refractivity contribution in [2.75, 3.05) is 37.6 Å². The van der Waals surface area contributed by atoms with Gasteiger partial charge in [-0.25, -0.2) is 0 Å². The molecular formula is C100H87N7O. The maximum absolute atomic E-state index is 6.12. The van der Waals surface area contributed by atoms with Gasteiger partial charge in [0, 0.05) is 73.8 Å². The van der Waals surface area contributed by atoms with Gasteiger partial charge in [-0.1, -0.05) is 259 Å². The second-order valence-corrected chi connectivity index (χ2v) is 26.6. The fourth-order valence-electron chi connectivity index (χ4n) is 12.7. The number of nitrogen functional groups attached to an aromatic ring is 4. The summed E-state index contributed by atoms with van der Waals surface area (Å²) in [5.74, 6) is 1.46. The van der Waals surface area contributed by atoms with E-state index in [-0.39, 0.29) is 0 Å². The van der Waals surface area contributed by atoms with Gasteiger partial charge in [0.2, 0.25) is 0 Å².